The quantitative estimate of drug-likeness (QED) is 0.413. The molecule has 0 saturated carbocycles. The van der Waals surface area contributed by atoms with Crippen molar-refractivity contribution in [2.75, 3.05) is 31.5 Å². The lowest BCUT2D eigenvalue weighted by atomic mass is 10.0. The number of aromatic nitrogens is 1. The van der Waals surface area contributed by atoms with Gasteiger partial charge >= 0.3 is 0 Å². The number of hydrogen-bond donors (Lipinski definition) is 2. The van der Waals surface area contributed by atoms with Gasteiger partial charge in [-0.25, -0.2) is 0 Å². The normalized spacial score (nSPS) is 15.3. The van der Waals surface area contributed by atoms with Crippen molar-refractivity contribution >= 4 is 16.6 Å². The average molecular weight is 365 g/mol. The van der Waals surface area contributed by atoms with Crippen LogP contribution in [0.25, 0.3) is 22.2 Å². The van der Waals surface area contributed by atoms with Crippen LogP contribution in [-0.2, 0) is 0 Å². The van der Waals surface area contributed by atoms with Gasteiger partial charge in [0.05, 0.1) is 16.9 Å². The maximum Gasteiger partial charge on any atom is 0.234 e. The molecule has 4 rings (SSSR count). The van der Waals surface area contributed by atoms with Crippen LogP contribution in [0, 0.1) is 10.4 Å². The van der Waals surface area contributed by atoms with Gasteiger partial charge in [-0.2, -0.15) is 4.90 Å². The Morgan fingerprint density at radius 2 is 1.81 bits per heavy atom. The number of hydrogen-bond acceptors (Lipinski definition) is 4. The lowest BCUT2D eigenvalue weighted by Crippen LogP contribution is -2.31. The van der Waals surface area contributed by atoms with E-state index in [-0.39, 0.29) is 10.3 Å². The zero-order valence-electron chi connectivity index (χ0n) is 15.4. The van der Waals surface area contributed by atoms with Crippen LogP contribution >= 0.6 is 0 Å². The van der Waals surface area contributed by atoms with Gasteiger partial charge in [-0.05, 0) is 51.0 Å². The second-order valence-corrected chi connectivity index (χ2v) is 7.19. The van der Waals surface area contributed by atoms with Gasteiger partial charge in [0, 0.05) is 23.5 Å². The molecule has 6 heteroatoms. The minimum atomic E-state index is -0.302. The Labute approximate surface area is 158 Å². The average Bonchev–Trinajstić information content (AvgIpc) is 2.70. The summed E-state index contributed by atoms with van der Waals surface area (Å²) in [7, 11) is 0. The van der Waals surface area contributed by atoms with Gasteiger partial charge in [0.25, 0.3) is 0 Å². The number of benzene rings is 2. The predicted molar refractivity (Wildman–Crippen MR) is 110 cm³/mol. The van der Waals surface area contributed by atoms with Gasteiger partial charge in [-0.3, -0.25) is 0 Å². The second kappa shape index (κ2) is 7.88. The Hall–Kier alpha value is -2.73. The molecule has 0 unspecified atom stereocenters. The van der Waals surface area contributed by atoms with Crippen LogP contribution in [-0.4, -0.2) is 36.1 Å². The molecule has 1 saturated heterocycles. The minimum Gasteiger partial charge on any atom is -0.612 e. The van der Waals surface area contributed by atoms with Crippen molar-refractivity contribution in [2.24, 2.45) is 0 Å². The van der Waals surface area contributed by atoms with Crippen LogP contribution in [0.5, 0.6) is 0 Å². The van der Waals surface area contributed by atoms with Crippen molar-refractivity contribution < 1.29 is 0 Å². The van der Waals surface area contributed by atoms with E-state index in [4.69, 9.17) is 0 Å². The third-order valence-electron chi connectivity index (χ3n) is 5.36. The first-order valence-corrected chi connectivity index (χ1v) is 9.71. The Kier molecular flexibility index (Phi) is 5.16. The molecular formula is C21H25N4O2-. The predicted octanol–water partition coefficient (Wildman–Crippen LogP) is 3.33. The standard InChI is InChI=1S/C21H25N4O2/c26-25(27)19-11-6-10-18-20(19)21(16-8-2-3-9-17(16)23-18)22-12-7-15-24-13-4-1-5-14-24/h2-3,6,8-11,22-23H,1,4-5,7,12-15H2/q-1. The number of piperidine rings is 1. The molecule has 1 aliphatic carbocycles. The molecule has 2 N–H and O–H groups in total. The smallest absolute Gasteiger partial charge is 0.234 e. The largest absolute Gasteiger partial charge is 0.612 e. The maximum atomic E-state index is 11.6. The molecule has 0 atom stereocenters. The minimum absolute atomic E-state index is 0.132. The lowest BCUT2D eigenvalue weighted by Gasteiger charge is -2.26. The fourth-order valence-corrected chi connectivity index (χ4v) is 4.03. The van der Waals surface area contributed by atoms with Gasteiger partial charge in [0.15, 0.2) is 0 Å². The summed E-state index contributed by atoms with van der Waals surface area (Å²) < 4.78 is 0. The number of rotatable bonds is 5. The molecule has 3 aliphatic rings. The highest BCUT2D eigenvalue weighted by Gasteiger charge is 2.17. The van der Waals surface area contributed by atoms with Gasteiger partial charge in [-0.15, -0.1) is 0 Å². The number of anilines is 1. The summed E-state index contributed by atoms with van der Waals surface area (Å²) in [5.74, 6) is 0. The van der Waals surface area contributed by atoms with Crippen molar-refractivity contribution in [1.29, 1.82) is 0 Å². The van der Waals surface area contributed by atoms with Crippen molar-refractivity contribution in [3.8, 4) is 11.3 Å². The molecule has 27 heavy (non-hydrogen) atoms. The van der Waals surface area contributed by atoms with Gasteiger partial charge in [0.2, 0.25) is 5.36 Å². The molecule has 0 bridgehead atoms. The number of H-pyrrole nitrogens is 1. The lowest BCUT2D eigenvalue weighted by molar-refractivity contribution is 0.228. The summed E-state index contributed by atoms with van der Waals surface area (Å²) >= 11 is 0. The van der Waals surface area contributed by atoms with Gasteiger partial charge < -0.3 is 25.6 Å². The van der Waals surface area contributed by atoms with Crippen LogP contribution in [0.3, 0.4) is 0 Å². The first-order valence-electron chi connectivity index (χ1n) is 9.71. The first-order chi connectivity index (χ1) is 13.2. The monoisotopic (exact) mass is 365 g/mol. The van der Waals surface area contributed by atoms with Crippen LogP contribution in [0.1, 0.15) is 25.7 Å². The maximum absolute atomic E-state index is 11.6. The number of nitrogens with zero attached hydrogens (tertiary/aromatic N) is 2. The molecule has 2 aliphatic heterocycles. The number of likely N-dealkylation sites (tertiary alicyclic amines) is 1. The third kappa shape index (κ3) is 3.71. The SMILES string of the molecule is [O-][N+]([O-])=c1cccc2[nH]c3ccccc3c(NCCCN3CCCCC3)c1-2. The summed E-state index contributed by atoms with van der Waals surface area (Å²) in [6.45, 7) is 4.25. The Bertz CT molecular complexity index is 956. The number of pyridine rings is 1. The van der Waals surface area contributed by atoms with Crippen molar-refractivity contribution in [3.63, 3.8) is 0 Å². The van der Waals surface area contributed by atoms with E-state index in [2.05, 4.69) is 15.2 Å². The fraction of sp³-hybridized carbons (Fsp3) is 0.381. The molecule has 142 valence electrons. The highest BCUT2D eigenvalue weighted by molar-refractivity contribution is 6.00. The van der Waals surface area contributed by atoms with E-state index in [0.29, 0.717) is 5.56 Å². The second-order valence-electron chi connectivity index (χ2n) is 7.19. The number of fused-ring (bicyclic) bond motifs is 2. The molecular weight excluding hydrogens is 340 g/mol. The van der Waals surface area contributed by atoms with Gasteiger partial charge in [0.1, 0.15) is 0 Å². The highest BCUT2D eigenvalue weighted by atomic mass is 16.8. The van der Waals surface area contributed by atoms with E-state index in [9.17, 15) is 10.4 Å². The summed E-state index contributed by atoms with van der Waals surface area (Å²) in [6.07, 6.45) is 4.96. The Morgan fingerprint density at radius 3 is 2.63 bits per heavy atom. The van der Waals surface area contributed by atoms with E-state index in [0.717, 1.165) is 41.8 Å². The molecule has 0 radical (unpaired) electrons. The number of nitrogens with one attached hydrogen (secondary N) is 2. The molecule has 1 aromatic carbocycles. The van der Waals surface area contributed by atoms with Crippen LogP contribution < -0.4 is 15.6 Å². The van der Waals surface area contributed by atoms with Crippen LogP contribution in [0.2, 0.25) is 0 Å². The molecule has 1 aromatic rings. The van der Waals surface area contributed by atoms with Crippen molar-refractivity contribution in [3.05, 3.63) is 58.2 Å². The third-order valence-corrected chi connectivity index (χ3v) is 5.36. The summed E-state index contributed by atoms with van der Waals surface area (Å²) in [4.78, 5) is 5.55. The van der Waals surface area contributed by atoms with E-state index in [1.165, 1.54) is 32.4 Å². The molecule has 0 amide bonds. The zero-order valence-corrected chi connectivity index (χ0v) is 15.4. The van der Waals surface area contributed by atoms with Crippen molar-refractivity contribution in [2.45, 2.75) is 25.7 Å². The Balaban J connectivity index is 1.65. The highest BCUT2D eigenvalue weighted by Crippen LogP contribution is 2.32. The van der Waals surface area contributed by atoms with Crippen LogP contribution in [0.4, 0.5) is 5.69 Å². The number of para-hydroxylation sites is 1. The van der Waals surface area contributed by atoms with E-state index < -0.39 is 0 Å². The summed E-state index contributed by atoms with van der Waals surface area (Å²) in [5.41, 5.74) is 3.26. The van der Waals surface area contributed by atoms with E-state index in [1.807, 2.05) is 30.3 Å². The first kappa shape index (κ1) is 17.7. The van der Waals surface area contributed by atoms with Crippen LogP contribution in [0.15, 0.2) is 42.5 Å². The zero-order chi connectivity index (χ0) is 18.6. The van der Waals surface area contributed by atoms with Gasteiger partial charge in [-0.1, -0.05) is 30.7 Å². The molecule has 0 spiro atoms. The van der Waals surface area contributed by atoms with E-state index in [1.54, 1.807) is 12.1 Å². The summed E-state index contributed by atoms with van der Waals surface area (Å²) in [5, 5.41) is 27.8. The molecule has 6 nitrogen and oxygen atoms in total. The van der Waals surface area contributed by atoms with Crippen molar-refractivity contribution in [1.82, 2.24) is 14.8 Å². The fourth-order valence-electron chi connectivity index (χ4n) is 4.03. The summed E-state index contributed by atoms with van der Waals surface area (Å²) in [6, 6.07) is 13.2. The number of aromatic amines is 1. The van der Waals surface area contributed by atoms with E-state index >= 15 is 0 Å². The molecule has 0 aromatic heterocycles. The molecule has 2 heterocycles. The topological polar surface area (TPSA) is 80.2 Å². The molecule has 1 fully saturated rings. The Morgan fingerprint density at radius 1 is 1.00 bits per heavy atom.